The quantitative estimate of drug-likeness (QED) is 0.457. The fraction of sp³-hybridized carbons (Fsp3) is 0.0455. The lowest BCUT2D eigenvalue weighted by Gasteiger charge is -2.10. The maximum absolute atomic E-state index is 12.3. The first-order chi connectivity index (χ1) is 12.8. The molecular weight excluding hydrogens is 324 g/mol. The molecule has 1 N–H and O–H groups in total. The first-order valence-corrected chi connectivity index (χ1v) is 8.46. The molecule has 126 valence electrons. The second-order valence-corrected chi connectivity index (χ2v) is 6.32. The van der Waals surface area contributed by atoms with E-state index in [2.05, 4.69) is 29.2 Å². The summed E-state index contributed by atoms with van der Waals surface area (Å²) < 4.78 is 6.95. The van der Waals surface area contributed by atoms with Gasteiger partial charge in [-0.1, -0.05) is 42.5 Å². The molecule has 2 aromatic heterocycles. The van der Waals surface area contributed by atoms with E-state index in [4.69, 9.17) is 4.74 Å². The van der Waals surface area contributed by atoms with Crippen molar-refractivity contribution in [2.24, 2.45) is 0 Å². The Hall–Kier alpha value is -3.53. The minimum Gasteiger partial charge on any atom is -0.464 e. The third kappa shape index (κ3) is 2.05. The fourth-order valence-corrected chi connectivity index (χ4v) is 3.67. The van der Waals surface area contributed by atoms with Crippen molar-refractivity contribution >= 4 is 38.7 Å². The van der Waals surface area contributed by atoms with Crippen LogP contribution in [0.1, 0.15) is 10.5 Å². The van der Waals surface area contributed by atoms with E-state index in [1.165, 1.54) is 17.9 Å². The Bertz CT molecular complexity index is 1290. The highest BCUT2D eigenvalue weighted by Crippen LogP contribution is 2.30. The van der Waals surface area contributed by atoms with Crippen molar-refractivity contribution in [3.63, 3.8) is 0 Å². The van der Waals surface area contributed by atoms with Crippen molar-refractivity contribution in [2.45, 2.75) is 0 Å². The van der Waals surface area contributed by atoms with Crippen LogP contribution in [0.5, 0.6) is 0 Å². The van der Waals surface area contributed by atoms with Gasteiger partial charge in [0.05, 0.1) is 12.6 Å². The first kappa shape index (κ1) is 14.8. The monoisotopic (exact) mass is 340 g/mol. The molecule has 0 amide bonds. The number of carbonyl (C=O) groups excluding carboxylic acids is 1. The predicted octanol–water partition coefficient (Wildman–Crippen LogP) is 5.05. The second kappa shape index (κ2) is 5.49. The maximum Gasteiger partial charge on any atom is 0.355 e. The van der Waals surface area contributed by atoms with E-state index in [9.17, 15) is 4.79 Å². The van der Waals surface area contributed by atoms with Crippen molar-refractivity contribution in [3.05, 3.63) is 78.5 Å². The van der Waals surface area contributed by atoms with Gasteiger partial charge >= 0.3 is 5.97 Å². The zero-order valence-electron chi connectivity index (χ0n) is 14.2. The topological polar surface area (TPSA) is 47.0 Å². The van der Waals surface area contributed by atoms with Crippen molar-refractivity contribution in [2.75, 3.05) is 7.11 Å². The number of methoxy groups -OCH3 is 1. The van der Waals surface area contributed by atoms with Crippen LogP contribution in [0.3, 0.4) is 0 Å². The van der Waals surface area contributed by atoms with Gasteiger partial charge in [-0.05, 0) is 30.3 Å². The summed E-state index contributed by atoms with van der Waals surface area (Å²) in [6.07, 6.45) is 0. The Morgan fingerprint density at radius 1 is 0.885 bits per heavy atom. The van der Waals surface area contributed by atoms with Crippen molar-refractivity contribution < 1.29 is 9.53 Å². The van der Waals surface area contributed by atoms with Crippen LogP contribution in [0.4, 0.5) is 0 Å². The molecule has 0 radical (unpaired) electrons. The standard InChI is InChI=1S/C22H16N2O2/c1-26-22(25)21-12-14-6-2-5-9-20(14)24(21)15-10-11-17-16-7-3-4-8-18(16)23-19(17)13-15/h2-13,23H,1H3. The molecule has 0 aliphatic rings. The molecule has 0 aliphatic heterocycles. The van der Waals surface area contributed by atoms with Crippen molar-refractivity contribution in [3.8, 4) is 5.69 Å². The number of aromatic nitrogens is 2. The summed E-state index contributed by atoms with van der Waals surface area (Å²) >= 11 is 0. The van der Waals surface area contributed by atoms with Gasteiger partial charge in [-0.15, -0.1) is 0 Å². The number of esters is 1. The number of fused-ring (bicyclic) bond motifs is 4. The van der Waals surface area contributed by atoms with E-state index in [0.717, 1.165) is 27.6 Å². The zero-order chi connectivity index (χ0) is 17.7. The smallest absolute Gasteiger partial charge is 0.355 e. The lowest BCUT2D eigenvalue weighted by molar-refractivity contribution is 0.0592. The highest BCUT2D eigenvalue weighted by molar-refractivity contribution is 6.08. The average molecular weight is 340 g/mol. The molecule has 4 heteroatoms. The minimum absolute atomic E-state index is 0.349. The van der Waals surface area contributed by atoms with Crippen molar-refractivity contribution in [1.82, 2.24) is 9.55 Å². The molecule has 5 aromatic rings. The Morgan fingerprint density at radius 3 is 2.54 bits per heavy atom. The van der Waals surface area contributed by atoms with Gasteiger partial charge in [0, 0.05) is 32.9 Å². The van der Waals surface area contributed by atoms with Gasteiger partial charge < -0.3 is 14.3 Å². The van der Waals surface area contributed by atoms with Crippen LogP contribution >= 0.6 is 0 Å². The Morgan fingerprint density at radius 2 is 1.65 bits per heavy atom. The number of para-hydroxylation sites is 2. The van der Waals surface area contributed by atoms with Crippen LogP contribution in [0, 0.1) is 0 Å². The number of nitrogens with zero attached hydrogens (tertiary/aromatic N) is 1. The SMILES string of the molecule is COC(=O)c1cc2ccccc2n1-c1ccc2c(c1)[nH]c1ccccc12. The summed E-state index contributed by atoms with van der Waals surface area (Å²) in [5, 5.41) is 3.37. The van der Waals surface area contributed by atoms with Crippen LogP contribution in [0.25, 0.3) is 38.4 Å². The molecule has 2 heterocycles. The summed E-state index contributed by atoms with van der Waals surface area (Å²) in [5.74, 6) is -0.349. The Kier molecular flexibility index (Phi) is 3.12. The average Bonchev–Trinajstić information content (AvgIpc) is 3.25. The van der Waals surface area contributed by atoms with E-state index in [1.807, 2.05) is 53.1 Å². The molecule has 3 aromatic carbocycles. The van der Waals surface area contributed by atoms with E-state index >= 15 is 0 Å². The van der Waals surface area contributed by atoms with Crippen LogP contribution in [0.2, 0.25) is 0 Å². The van der Waals surface area contributed by atoms with Gasteiger partial charge in [0.1, 0.15) is 5.69 Å². The van der Waals surface area contributed by atoms with Gasteiger partial charge in [0.25, 0.3) is 0 Å². The molecule has 0 aliphatic carbocycles. The highest BCUT2D eigenvalue weighted by Gasteiger charge is 2.17. The summed E-state index contributed by atoms with van der Waals surface area (Å²) in [6, 6.07) is 24.3. The molecule has 0 spiro atoms. The minimum atomic E-state index is -0.349. The normalized spacial score (nSPS) is 11.4. The summed E-state index contributed by atoms with van der Waals surface area (Å²) in [5.41, 5.74) is 4.56. The number of aromatic amines is 1. The summed E-state index contributed by atoms with van der Waals surface area (Å²) in [7, 11) is 1.41. The number of rotatable bonds is 2. The number of hydrogen-bond donors (Lipinski definition) is 1. The first-order valence-electron chi connectivity index (χ1n) is 8.46. The number of benzene rings is 3. The number of nitrogens with one attached hydrogen (secondary N) is 1. The zero-order valence-corrected chi connectivity index (χ0v) is 14.2. The van der Waals surface area contributed by atoms with Crippen LogP contribution < -0.4 is 0 Å². The van der Waals surface area contributed by atoms with Crippen LogP contribution in [-0.4, -0.2) is 22.6 Å². The molecule has 0 saturated carbocycles. The molecule has 26 heavy (non-hydrogen) atoms. The van der Waals surface area contributed by atoms with E-state index in [1.54, 1.807) is 0 Å². The number of H-pyrrole nitrogens is 1. The molecule has 0 saturated heterocycles. The maximum atomic E-state index is 12.3. The fourth-order valence-electron chi connectivity index (χ4n) is 3.67. The Labute approximate surface area is 149 Å². The lowest BCUT2D eigenvalue weighted by Crippen LogP contribution is -2.08. The predicted molar refractivity (Wildman–Crippen MR) is 104 cm³/mol. The molecule has 0 atom stereocenters. The largest absolute Gasteiger partial charge is 0.464 e. The highest BCUT2D eigenvalue weighted by atomic mass is 16.5. The molecule has 0 fully saturated rings. The van der Waals surface area contributed by atoms with Gasteiger partial charge in [0.15, 0.2) is 0 Å². The van der Waals surface area contributed by atoms with E-state index in [-0.39, 0.29) is 5.97 Å². The molecule has 0 unspecified atom stereocenters. The molecule has 5 rings (SSSR count). The van der Waals surface area contributed by atoms with Crippen LogP contribution in [0.15, 0.2) is 72.8 Å². The number of carbonyl (C=O) groups is 1. The Balaban J connectivity index is 1.82. The van der Waals surface area contributed by atoms with Gasteiger partial charge in [-0.3, -0.25) is 0 Å². The number of hydrogen-bond acceptors (Lipinski definition) is 2. The van der Waals surface area contributed by atoms with Gasteiger partial charge in [0.2, 0.25) is 0 Å². The summed E-state index contributed by atoms with van der Waals surface area (Å²) in [6.45, 7) is 0. The second-order valence-electron chi connectivity index (χ2n) is 6.32. The summed E-state index contributed by atoms with van der Waals surface area (Å²) in [4.78, 5) is 15.8. The van der Waals surface area contributed by atoms with Gasteiger partial charge in [-0.25, -0.2) is 4.79 Å². The molecule has 4 nitrogen and oxygen atoms in total. The van der Waals surface area contributed by atoms with E-state index in [0.29, 0.717) is 5.69 Å². The molecular formula is C22H16N2O2. The van der Waals surface area contributed by atoms with E-state index < -0.39 is 0 Å². The van der Waals surface area contributed by atoms with Gasteiger partial charge in [-0.2, -0.15) is 0 Å². The third-order valence-corrected chi connectivity index (χ3v) is 4.85. The van der Waals surface area contributed by atoms with Crippen molar-refractivity contribution in [1.29, 1.82) is 0 Å². The third-order valence-electron chi connectivity index (χ3n) is 4.85. The van der Waals surface area contributed by atoms with Crippen LogP contribution in [-0.2, 0) is 4.74 Å². The lowest BCUT2D eigenvalue weighted by atomic mass is 10.1. The molecule has 0 bridgehead atoms. The number of ether oxygens (including phenoxy) is 1.